The van der Waals surface area contributed by atoms with Crippen LogP contribution in [0, 0.1) is 0 Å². The second-order valence-electron chi connectivity index (χ2n) is 6.13. The molecule has 0 aromatic heterocycles. The van der Waals surface area contributed by atoms with E-state index < -0.39 is 0 Å². The summed E-state index contributed by atoms with van der Waals surface area (Å²) in [5.41, 5.74) is 3.33. The van der Waals surface area contributed by atoms with Crippen LogP contribution < -0.4 is 5.32 Å². The van der Waals surface area contributed by atoms with E-state index >= 15 is 0 Å². The second-order valence-corrected chi connectivity index (χ2v) is 6.13. The summed E-state index contributed by atoms with van der Waals surface area (Å²) in [6, 6.07) is 5.94. The average Bonchev–Trinajstić information content (AvgIpc) is 3.02. The fraction of sp³-hybridized carbons (Fsp3) is 0.529. The van der Waals surface area contributed by atoms with Crippen LogP contribution >= 0.6 is 0 Å². The lowest BCUT2D eigenvalue weighted by Crippen LogP contribution is -2.49. The molecule has 0 radical (unpaired) electrons. The van der Waals surface area contributed by atoms with Crippen molar-refractivity contribution >= 4 is 11.8 Å². The zero-order valence-corrected chi connectivity index (χ0v) is 13.1. The van der Waals surface area contributed by atoms with E-state index in [1.165, 1.54) is 22.4 Å². The molecule has 118 valence electrons. The van der Waals surface area contributed by atoms with E-state index in [1.807, 2.05) is 17.0 Å². The maximum atomic E-state index is 12.5. The molecule has 1 saturated heterocycles. The van der Waals surface area contributed by atoms with E-state index in [0.29, 0.717) is 5.56 Å². The van der Waals surface area contributed by atoms with Gasteiger partial charge in [0, 0.05) is 38.8 Å². The highest BCUT2D eigenvalue weighted by Crippen LogP contribution is 2.23. The molecule has 1 N–H and O–H groups in total. The number of carbonyl (C=O) groups is 2. The largest absolute Gasteiger partial charge is 0.339 e. The maximum Gasteiger partial charge on any atom is 0.254 e. The predicted molar refractivity (Wildman–Crippen MR) is 84.9 cm³/mol. The van der Waals surface area contributed by atoms with Gasteiger partial charge in [-0.05, 0) is 42.5 Å². The third kappa shape index (κ3) is 3.14. The number of hydrogen-bond donors (Lipinski definition) is 1. The minimum Gasteiger partial charge on any atom is -0.339 e. The van der Waals surface area contributed by atoms with Crippen LogP contribution in [0.5, 0.6) is 0 Å². The molecular weight excluding hydrogens is 278 g/mol. The number of nitrogens with zero attached hydrogens (tertiary/aromatic N) is 2. The van der Waals surface area contributed by atoms with Gasteiger partial charge in [0.2, 0.25) is 5.91 Å². The Labute approximate surface area is 131 Å². The van der Waals surface area contributed by atoms with Crippen LogP contribution in [-0.2, 0) is 17.6 Å². The normalized spacial score (nSPS) is 17.2. The number of rotatable bonds is 3. The Hall–Kier alpha value is -1.88. The minimum atomic E-state index is -0.0711. The van der Waals surface area contributed by atoms with Crippen molar-refractivity contribution in [3.63, 3.8) is 0 Å². The van der Waals surface area contributed by atoms with E-state index in [-0.39, 0.29) is 18.4 Å². The van der Waals surface area contributed by atoms with E-state index in [4.69, 9.17) is 0 Å². The number of amides is 2. The first-order valence-corrected chi connectivity index (χ1v) is 8.01. The monoisotopic (exact) mass is 301 g/mol. The fourth-order valence-corrected chi connectivity index (χ4v) is 3.21. The molecule has 3 rings (SSSR count). The Kier molecular flexibility index (Phi) is 4.43. The number of benzene rings is 1. The van der Waals surface area contributed by atoms with Crippen LogP contribution in [0.3, 0.4) is 0 Å². The highest BCUT2D eigenvalue weighted by atomic mass is 16.2. The zero-order chi connectivity index (χ0) is 15.5. The number of carbonyl (C=O) groups excluding carboxylic acids is 2. The molecule has 1 aromatic carbocycles. The lowest BCUT2D eigenvalue weighted by molar-refractivity contribution is -0.132. The number of fused-ring (bicyclic) bond motifs is 1. The van der Waals surface area contributed by atoms with Gasteiger partial charge in [-0.15, -0.1) is 0 Å². The maximum absolute atomic E-state index is 12.5. The first-order chi connectivity index (χ1) is 10.6. The number of aryl methyl sites for hydroxylation is 2. The molecule has 2 aliphatic rings. The van der Waals surface area contributed by atoms with Crippen LogP contribution in [-0.4, -0.2) is 61.4 Å². The SMILES string of the molecule is CN(CC(=O)N1CCNCC1)C(=O)c1ccc2c(c1)CCC2. The smallest absolute Gasteiger partial charge is 0.254 e. The molecule has 1 aromatic rings. The molecule has 0 unspecified atom stereocenters. The highest BCUT2D eigenvalue weighted by molar-refractivity contribution is 5.96. The topological polar surface area (TPSA) is 52.7 Å². The van der Waals surface area contributed by atoms with Gasteiger partial charge in [-0.1, -0.05) is 6.07 Å². The van der Waals surface area contributed by atoms with Gasteiger partial charge in [-0.2, -0.15) is 0 Å². The van der Waals surface area contributed by atoms with Crippen LogP contribution in [0.4, 0.5) is 0 Å². The van der Waals surface area contributed by atoms with Gasteiger partial charge < -0.3 is 15.1 Å². The molecule has 1 aliphatic carbocycles. The van der Waals surface area contributed by atoms with Gasteiger partial charge in [0.05, 0.1) is 6.54 Å². The lowest BCUT2D eigenvalue weighted by atomic mass is 10.1. The Morgan fingerprint density at radius 1 is 1.18 bits per heavy atom. The Morgan fingerprint density at radius 2 is 1.91 bits per heavy atom. The molecule has 5 nitrogen and oxygen atoms in total. The van der Waals surface area contributed by atoms with Gasteiger partial charge in [-0.25, -0.2) is 0 Å². The Bertz CT molecular complexity index is 579. The summed E-state index contributed by atoms with van der Waals surface area (Å²) in [5.74, 6) is -0.0447. The van der Waals surface area contributed by atoms with E-state index in [2.05, 4.69) is 11.4 Å². The molecule has 0 saturated carbocycles. The number of piperazine rings is 1. The average molecular weight is 301 g/mol. The molecule has 5 heteroatoms. The molecule has 0 spiro atoms. The van der Waals surface area contributed by atoms with Crippen molar-refractivity contribution in [3.8, 4) is 0 Å². The molecular formula is C17H23N3O2. The molecule has 0 bridgehead atoms. The summed E-state index contributed by atoms with van der Waals surface area (Å²) >= 11 is 0. The van der Waals surface area contributed by atoms with Crippen LogP contribution in [0.15, 0.2) is 18.2 Å². The number of hydrogen-bond acceptors (Lipinski definition) is 3. The summed E-state index contributed by atoms with van der Waals surface area (Å²) in [5, 5.41) is 3.22. The number of nitrogens with one attached hydrogen (secondary N) is 1. The van der Waals surface area contributed by atoms with Crippen LogP contribution in [0.2, 0.25) is 0 Å². The van der Waals surface area contributed by atoms with Crippen molar-refractivity contribution in [1.29, 1.82) is 0 Å². The predicted octanol–water partition coefficient (Wildman–Crippen LogP) is 0.679. The molecule has 1 heterocycles. The van der Waals surface area contributed by atoms with Crippen molar-refractivity contribution < 1.29 is 9.59 Å². The van der Waals surface area contributed by atoms with Crippen LogP contribution in [0.25, 0.3) is 0 Å². The Balaban J connectivity index is 1.62. The van der Waals surface area contributed by atoms with Crippen molar-refractivity contribution in [2.24, 2.45) is 0 Å². The summed E-state index contributed by atoms with van der Waals surface area (Å²) in [7, 11) is 1.70. The minimum absolute atomic E-state index is 0.0264. The van der Waals surface area contributed by atoms with Crippen molar-refractivity contribution in [1.82, 2.24) is 15.1 Å². The zero-order valence-electron chi connectivity index (χ0n) is 13.1. The summed E-state index contributed by atoms with van der Waals surface area (Å²) < 4.78 is 0. The highest BCUT2D eigenvalue weighted by Gasteiger charge is 2.21. The van der Waals surface area contributed by atoms with Gasteiger partial charge >= 0.3 is 0 Å². The van der Waals surface area contributed by atoms with Gasteiger partial charge in [-0.3, -0.25) is 9.59 Å². The third-order valence-corrected chi connectivity index (χ3v) is 4.53. The molecule has 1 aliphatic heterocycles. The van der Waals surface area contributed by atoms with Gasteiger partial charge in [0.1, 0.15) is 0 Å². The van der Waals surface area contributed by atoms with Crippen molar-refractivity contribution in [3.05, 3.63) is 34.9 Å². The second kappa shape index (κ2) is 6.48. The van der Waals surface area contributed by atoms with Gasteiger partial charge in [0.15, 0.2) is 0 Å². The van der Waals surface area contributed by atoms with E-state index in [1.54, 1.807) is 7.05 Å². The van der Waals surface area contributed by atoms with Gasteiger partial charge in [0.25, 0.3) is 5.91 Å². The fourth-order valence-electron chi connectivity index (χ4n) is 3.21. The molecule has 22 heavy (non-hydrogen) atoms. The Morgan fingerprint density at radius 3 is 2.68 bits per heavy atom. The first kappa shape index (κ1) is 15.0. The van der Waals surface area contributed by atoms with Crippen LogP contribution in [0.1, 0.15) is 27.9 Å². The third-order valence-electron chi connectivity index (χ3n) is 4.53. The molecule has 1 fully saturated rings. The number of likely N-dealkylation sites (N-methyl/N-ethyl adjacent to an activating group) is 1. The lowest BCUT2D eigenvalue weighted by Gasteiger charge is -2.29. The quantitative estimate of drug-likeness (QED) is 0.893. The molecule has 0 atom stereocenters. The standard InChI is InChI=1S/C17H23N3O2/c1-19(12-16(21)20-9-7-18-8-10-20)17(22)15-6-5-13-3-2-4-14(13)11-15/h5-6,11,18H,2-4,7-10,12H2,1H3. The molecule has 2 amide bonds. The summed E-state index contributed by atoms with van der Waals surface area (Å²) in [6.07, 6.45) is 3.34. The first-order valence-electron chi connectivity index (χ1n) is 8.01. The van der Waals surface area contributed by atoms with E-state index in [0.717, 1.165) is 39.0 Å². The van der Waals surface area contributed by atoms with E-state index in [9.17, 15) is 9.59 Å². The summed E-state index contributed by atoms with van der Waals surface area (Å²) in [4.78, 5) is 28.1. The van der Waals surface area contributed by atoms with Crippen molar-refractivity contribution in [2.75, 3.05) is 39.8 Å². The summed E-state index contributed by atoms with van der Waals surface area (Å²) in [6.45, 7) is 3.25. The van der Waals surface area contributed by atoms with Crippen molar-refractivity contribution in [2.45, 2.75) is 19.3 Å².